The maximum absolute atomic E-state index is 13.1. The minimum Gasteiger partial charge on any atom is -0.318 e. The van der Waals surface area contributed by atoms with Crippen molar-refractivity contribution in [1.82, 2.24) is 14.2 Å². The van der Waals surface area contributed by atoms with Crippen LogP contribution in [0.4, 0.5) is 0 Å². The molecule has 1 aliphatic rings. The molecule has 0 atom stereocenters. The zero-order chi connectivity index (χ0) is 21.7. The summed E-state index contributed by atoms with van der Waals surface area (Å²) < 4.78 is 3.61. The topological polar surface area (TPSA) is 52.2 Å². The molecule has 0 aliphatic heterocycles. The van der Waals surface area contributed by atoms with E-state index in [0.717, 1.165) is 52.1 Å². The normalized spacial score (nSPS) is 13.9. The fourth-order valence-corrected chi connectivity index (χ4v) is 5.74. The molecule has 1 aliphatic carbocycles. The summed E-state index contributed by atoms with van der Waals surface area (Å²) in [6.45, 7) is 8.44. The van der Waals surface area contributed by atoms with Gasteiger partial charge in [-0.25, -0.2) is 4.98 Å². The van der Waals surface area contributed by atoms with Gasteiger partial charge < -0.3 is 4.57 Å². The van der Waals surface area contributed by atoms with Crippen LogP contribution in [0.25, 0.3) is 15.9 Å². The Morgan fingerprint density at radius 3 is 2.68 bits per heavy atom. The number of fused-ring (bicyclic) bond motifs is 3. The van der Waals surface area contributed by atoms with Crippen LogP contribution in [0.5, 0.6) is 0 Å². The van der Waals surface area contributed by atoms with Crippen LogP contribution >= 0.6 is 11.3 Å². The highest BCUT2D eigenvalue weighted by atomic mass is 32.1. The highest BCUT2D eigenvalue weighted by molar-refractivity contribution is 7.18. The lowest BCUT2D eigenvalue weighted by molar-refractivity contribution is 0.699. The van der Waals surface area contributed by atoms with E-state index >= 15 is 0 Å². The first-order valence-corrected chi connectivity index (χ1v) is 11.6. The summed E-state index contributed by atoms with van der Waals surface area (Å²) in [5.74, 6) is 0. The van der Waals surface area contributed by atoms with E-state index in [4.69, 9.17) is 0 Å². The first-order valence-electron chi connectivity index (χ1n) is 10.8. The molecule has 0 fully saturated rings. The van der Waals surface area contributed by atoms with Crippen LogP contribution in [-0.2, 0) is 12.8 Å². The molecule has 31 heavy (non-hydrogen) atoms. The van der Waals surface area contributed by atoms with Crippen molar-refractivity contribution in [2.75, 3.05) is 0 Å². The molecule has 0 saturated carbocycles. The van der Waals surface area contributed by atoms with Crippen LogP contribution in [-0.4, -0.2) is 20.4 Å². The molecule has 0 spiro atoms. The van der Waals surface area contributed by atoms with Gasteiger partial charge >= 0.3 is 0 Å². The molecule has 3 heterocycles. The van der Waals surface area contributed by atoms with Crippen molar-refractivity contribution in [3.63, 3.8) is 0 Å². The van der Waals surface area contributed by atoms with Gasteiger partial charge in [-0.3, -0.25) is 4.79 Å². The van der Waals surface area contributed by atoms with Crippen molar-refractivity contribution in [1.29, 1.82) is 0 Å². The Morgan fingerprint density at radius 2 is 1.87 bits per heavy atom. The summed E-state index contributed by atoms with van der Waals surface area (Å²) in [5, 5.41) is 5.27. The summed E-state index contributed by atoms with van der Waals surface area (Å²) in [5.41, 5.74) is 8.05. The zero-order valence-electron chi connectivity index (χ0n) is 18.4. The quantitative estimate of drug-likeness (QED) is 0.417. The van der Waals surface area contributed by atoms with Gasteiger partial charge in [-0.15, -0.1) is 11.3 Å². The molecule has 0 bridgehead atoms. The van der Waals surface area contributed by atoms with E-state index < -0.39 is 0 Å². The second kappa shape index (κ2) is 7.61. The molecule has 0 N–H and O–H groups in total. The van der Waals surface area contributed by atoms with Gasteiger partial charge in [-0.2, -0.15) is 9.78 Å². The van der Waals surface area contributed by atoms with Gasteiger partial charge in [-0.05, 0) is 88.3 Å². The van der Waals surface area contributed by atoms with Gasteiger partial charge in [0.25, 0.3) is 5.56 Å². The molecule has 4 aromatic rings. The van der Waals surface area contributed by atoms with E-state index in [0.29, 0.717) is 0 Å². The SMILES string of the molecule is Cc1ccc(-n2c(C)cc(/C=N/n3cnc4sc5c(c4c3=O)CCCC5)c2C)cc1C. The van der Waals surface area contributed by atoms with Crippen LogP contribution in [0.15, 0.2) is 40.5 Å². The molecular weight excluding hydrogens is 404 g/mol. The summed E-state index contributed by atoms with van der Waals surface area (Å²) in [6, 6.07) is 8.61. The fourth-order valence-electron chi connectivity index (χ4n) is 4.52. The first-order chi connectivity index (χ1) is 14.9. The number of thiophene rings is 1. The number of rotatable bonds is 3. The van der Waals surface area contributed by atoms with Crippen LogP contribution < -0.4 is 5.56 Å². The lowest BCUT2D eigenvalue weighted by Gasteiger charge is -2.11. The molecular formula is C25H26N4OS. The molecule has 0 unspecified atom stereocenters. The first kappa shape index (κ1) is 19.9. The molecule has 0 amide bonds. The monoisotopic (exact) mass is 430 g/mol. The summed E-state index contributed by atoms with van der Waals surface area (Å²) in [7, 11) is 0. The predicted molar refractivity (Wildman–Crippen MR) is 128 cm³/mol. The molecule has 5 rings (SSSR count). The van der Waals surface area contributed by atoms with E-state index in [1.165, 1.54) is 32.7 Å². The van der Waals surface area contributed by atoms with E-state index in [2.05, 4.69) is 66.6 Å². The van der Waals surface area contributed by atoms with Gasteiger partial charge in [0, 0.05) is 27.5 Å². The number of hydrogen-bond donors (Lipinski definition) is 0. The lowest BCUT2D eigenvalue weighted by Crippen LogP contribution is -2.18. The van der Waals surface area contributed by atoms with Crippen LogP contribution in [0.1, 0.15) is 51.4 Å². The molecule has 0 radical (unpaired) electrons. The Labute approximate surface area is 185 Å². The van der Waals surface area contributed by atoms with Crippen molar-refractivity contribution in [2.45, 2.75) is 53.4 Å². The summed E-state index contributed by atoms with van der Waals surface area (Å²) in [4.78, 5) is 19.8. The highest BCUT2D eigenvalue weighted by Gasteiger charge is 2.20. The summed E-state index contributed by atoms with van der Waals surface area (Å²) >= 11 is 1.66. The van der Waals surface area contributed by atoms with Crippen molar-refractivity contribution >= 4 is 27.8 Å². The standard InChI is InChI=1S/C25H26N4OS/c1-15-9-10-20(11-16(15)2)29-17(3)12-19(18(29)4)13-27-28-14-26-24-23(25(28)30)21-7-5-6-8-22(21)31-24/h9-14H,5-8H2,1-4H3/b27-13+. The molecule has 3 aromatic heterocycles. The number of aromatic nitrogens is 3. The number of hydrogen-bond acceptors (Lipinski definition) is 4. The highest BCUT2D eigenvalue weighted by Crippen LogP contribution is 2.33. The van der Waals surface area contributed by atoms with E-state index in [9.17, 15) is 4.79 Å². The van der Waals surface area contributed by atoms with Gasteiger partial charge in [-0.1, -0.05) is 6.07 Å². The lowest BCUT2D eigenvalue weighted by atomic mass is 9.97. The van der Waals surface area contributed by atoms with Crippen molar-refractivity contribution in [3.05, 3.63) is 79.5 Å². The minimum atomic E-state index is -0.0661. The van der Waals surface area contributed by atoms with Gasteiger partial charge in [0.2, 0.25) is 0 Å². The molecule has 5 nitrogen and oxygen atoms in total. The van der Waals surface area contributed by atoms with Crippen molar-refractivity contribution in [2.24, 2.45) is 5.10 Å². The number of nitrogens with zero attached hydrogens (tertiary/aromatic N) is 4. The largest absolute Gasteiger partial charge is 0.318 e. The maximum atomic E-state index is 13.1. The van der Waals surface area contributed by atoms with Crippen molar-refractivity contribution in [3.8, 4) is 5.69 Å². The zero-order valence-corrected chi connectivity index (χ0v) is 19.2. The van der Waals surface area contributed by atoms with Crippen LogP contribution in [0, 0.1) is 27.7 Å². The minimum absolute atomic E-state index is 0.0661. The Bertz CT molecular complexity index is 1400. The van der Waals surface area contributed by atoms with Crippen molar-refractivity contribution < 1.29 is 0 Å². The molecule has 1 aromatic carbocycles. The second-order valence-corrected chi connectivity index (χ2v) is 9.54. The Hall–Kier alpha value is -2.99. The Kier molecular flexibility index (Phi) is 4.89. The average molecular weight is 431 g/mol. The summed E-state index contributed by atoms with van der Waals surface area (Å²) in [6.07, 6.45) is 7.68. The number of aryl methyl sites for hydroxylation is 5. The molecule has 158 valence electrons. The second-order valence-electron chi connectivity index (χ2n) is 8.46. The molecule has 0 saturated heterocycles. The Balaban J connectivity index is 1.54. The van der Waals surface area contributed by atoms with Gasteiger partial charge in [0.15, 0.2) is 0 Å². The third-order valence-corrected chi connectivity index (χ3v) is 7.60. The smallest absolute Gasteiger partial charge is 0.282 e. The average Bonchev–Trinajstić information content (AvgIpc) is 3.27. The predicted octanol–water partition coefficient (Wildman–Crippen LogP) is 5.24. The van der Waals surface area contributed by atoms with Crippen LogP contribution in [0.3, 0.4) is 0 Å². The van der Waals surface area contributed by atoms with Crippen LogP contribution in [0.2, 0.25) is 0 Å². The van der Waals surface area contributed by atoms with E-state index in [1.807, 2.05) is 0 Å². The van der Waals surface area contributed by atoms with Gasteiger partial charge in [0.05, 0.1) is 11.6 Å². The fraction of sp³-hybridized carbons (Fsp3) is 0.320. The van der Waals surface area contributed by atoms with Gasteiger partial charge in [0.1, 0.15) is 11.2 Å². The number of benzene rings is 1. The third-order valence-electron chi connectivity index (χ3n) is 6.40. The Morgan fingerprint density at radius 1 is 1.06 bits per heavy atom. The van der Waals surface area contributed by atoms with E-state index in [-0.39, 0.29) is 5.56 Å². The van der Waals surface area contributed by atoms with E-state index in [1.54, 1.807) is 23.9 Å². The third kappa shape index (κ3) is 3.35. The maximum Gasteiger partial charge on any atom is 0.282 e. The molecule has 6 heteroatoms.